The third-order valence-corrected chi connectivity index (χ3v) is 3.58. The number of ketones is 1. The van der Waals surface area contributed by atoms with Gasteiger partial charge >= 0.3 is 0 Å². The van der Waals surface area contributed by atoms with Crippen LogP contribution in [0.3, 0.4) is 0 Å². The second-order valence-corrected chi connectivity index (χ2v) is 5.01. The SMILES string of the molecule is COc1ccc(CN(OC)C(=O)C2CN(C)C(=O)C2=O)cc1. The molecule has 0 aromatic heterocycles. The monoisotopic (exact) mass is 306 g/mol. The maximum atomic E-state index is 12.4. The second-order valence-electron chi connectivity index (χ2n) is 5.01. The molecule has 118 valence electrons. The fourth-order valence-corrected chi connectivity index (χ4v) is 2.27. The highest BCUT2D eigenvalue weighted by Gasteiger charge is 2.43. The van der Waals surface area contributed by atoms with Gasteiger partial charge in [0, 0.05) is 13.6 Å². The average molecular weight is 306 g/mol. The number of Topliss-reactive ketones (excluding diaryl/α,β-unsaturated/α-hetero) is 1. The summed E-state index contributed by atoms with van der Waals surface area (Å²) in [6.45, 7) is 0.264. The Balaban J connectivity index is 2.09. The molecule has 1 aromatic rings. The Kier molecular flexibility index (Phi) is 4.77. The Hall–Kier alpha value is -2.41. The van der Waals surface area contributed by atoms with Crippen LogP contribution in [0, 0.1) is 5.92 Å². The summed E-state index contributed by atoms with van der Waals surface area (Å²) < 4.78 is 5.07. The number of hydrogen-bond acceptors (Lipinski definition) is 5. The number of rotatable bonds is 5. The molecule has 1 saturated heterocycles. The molecule has 0 N–H and O–H groups in total. The van der Waals surface area contributed by atoms with Crippen molar-refractivity contribution in [2.45, 2.75) is 6.54 Å². The normalized spacial score (nSPS) is 17.8. The van der Waals surface area contributed by atoms with Crippen molar-refractivity contribution in [1.82, 2.24) is 9.96 Å². The predicted molar refractivity (Wildman–Crippen MR) is 76.7 cm³/mol. The number of carbonyl (C=O) groups excluding carboxylic acids is 3. The largest absolute Gasteiger partial charge is 0.497 e. The molecular formula is C15H18N2O5. The van der Waals surface area contributed by atoms with Gasteiger partial charge in [-0.05, 0) is 17.7 Å². The van der Waals surface area contributed by atoms with Gasteiger partial charge in [0.2, 0.25) is 5.78 Å². The molecule has 1 unspecified atom stereocenters. The van der Waals surface area contributed by atoms with Gasteiger partial charge in [-0.3, -0.25) is 19.2 Å². The lowest BCUT2D eigenvalue weighted by molar-refractivity contribution is -0.183. The molecule has 2 rings (SSSR count). The minimum Gasteiger partial charge on any atom is -0.497 e. The summed E-state index contributed by atoms with van der Waals surface area (Å²) in [6.07, 6.45) is 0. The summed E-state index contributed by atoms with van der Waals surface area (Å²) in [5.74, 6) is -2.14. The van der Waals surface area contributed by atoms with Gasteiger partial charge in [-0.25, -0.2) is 5.06 Å². The van der Waals surface area contributed by atoms with E-state index in [2.05, 4.69) is 0 Å². The lowest BCUT2D eigenvalue weighted by Gasteiger charge is -2.22. The highest BCUT2D eigenvalue weighted by Crippen LogP contribution is 2.18. The van der Waals surface area contributed by atoms with E-state index in [1.165, 1.54) is 19.1 Å². The molecule has 22 heavy (non-hydrogen) atoms. The van der Waals surface area contributed by atoms with E-state index in [0.29, 0.717) is 5.75 Å². The van der Waals surface area contributed by atoms with E-state index in [4.69, 9.17) is 9.57 Å². The van der Waals surface area contributed by atoms with Crippen LogP contribution in [0.25, 0.3) is 0 Å². The van der Waals surface area contributed by atoms with Crippen molar-refractivity contribution < 1.29 is 24.0 Å². The summed E-state index contributed by atoms with van der Waals surface area (Å²) >= 11 is 0. The van der Waals surface area contributed by atoms with Gasteiger partial charge in [0.05, 0.1) is 20.8 Å². The van der Waals surface area contributed by atoms with Gasteiger partial charge < -0.3 is 9.64 Å². The van der Waals surface area contributed by atoms with Crippen molar-refractivity contribution in [3.63, 3.8) is 0 Å². The molecule has 1 aliphatic rings. The molecule has 0 saturated carbocycles. The highest BCUT2D eigenvalue weighted by molar-refractivity contribution is 6.42. The van der Waals surface area contributed by atoms with Crippen molar-refractivity contribution in [2.24, 2.45) is 5.92 Å². The minimum atomic E-state index is -1.00. The number of ether oxygens (including phenoxy) is 1. The predicted octanol–water partition coefficient (Wildman–Crippen LogP) is 0.242. The first-order valence-corrected chi connectivity index (χ1v) is 6.75. The lowest BCUT2D eigenvalue weighted by Crippen LogP contribution is -2.38. The van der Waals surface area contributed by atoms with Crippen molar-refractivity contribution >= 4 is 17.6 Å². The van der Waals surface area contributed by atoms with Crippen LogP contribution in [-0.2, 0) is 25.8 Å². The van der Waals surface area contributed by atoms with Crippen LogP contribution in [0.4, 0.5) is 0 Å². The maximum Gasteiger partial charge on any atom is 0.290 e. The van der Waals surface area contributed by atoms with Gasteiger partial charge in [-0.15, -0.1) is 0 Å². The first kappa shape index (κ1) is 16.0. The van der Waals surface area contributed by atoms with Gasteiger partial charge in [0.25, 0.3) is 11.8 Å². The van der Waals surface area contributed by atoms with Crippen LogP contribution >= 0.6 is 0 Å². The van der Waals surface area contributed by atoms with Gasteiger partial charge in [-0.1, -0.05) is 12.1 Å². The fraction of sp³-hybridized carbons (Fsp3) is 0.400. The molecule has 1 atom stereocenters. The van der Waals surface area contributed by atoms with Crippen LogP contribution in [0.2, 0.25) is 0 Å². The van der Waals surface area contributed by atoms with Crippen molar-refractivity contribution in [3.8, 4) is 5.75 Å². The van der Waals surface area contributed by atoms with E-state index in [-0.39, 0.29) is 13.1 Å². The Morgan fingerprint density at radius 1 is 1.27 bits per heavy atom. The summed E-state index contributed by atoms with van der Waals surface area (Å²) in [5, 5.41) is 1.09. The number of likely N-dealkylation sites (N-methyl/N-ethyl adjacent to an activating group) is 1. The van der Waals surface area contributed by atoms with Crippen LogP contribution in [0.1, 0.15) is 5.56 Å². The summed E-state index contributed by atoms with van der Waals surface area (Å²) in [7, 11) is 4.42. The van der Waals surface area contributed by atoms with Gasteiger partial charge in [-0.2, -0.15) is 0 Å². The van der Waals surface area contributed by atoms with Gasteiger partial charge in [0.1, 0.15) is 11.7 Å². The second kappa shape index (κ2) is 6.57. The van der Waals surface area contributed by atoms with Gasteiger partial charge in [0.15, 0.2) is 0 Å². The van der Waals surface area contributed by atoms with E-state index in [1.54, 1.807) is 31.4 Å². The van der Waals surface area contributed by atoms with E-state index >= 15 is 0 Å². The number of nitrogens with zero attached hydrogens (tertiary/aromatic N) is 2. The molecule has 0 radical (unpaired) electrons. The number of hydroxylamine groups is 2. The molecule has 0 aliphatic carbocycles. The zero-order chi connectivity index (χ0) is 16.3. The van der Waals surface area contributed by atoms with Crippen molar-refractivity contribution in [1.29, 1.82) is 0 Å². The van der Waals surface area contributed by atoms with Crippen molar-refractivity contribution in [2.75, 3.05) is 27.8 Å². The van der Waals surface area contributed by atoms with E-state index < -0.39 is 23.5 Å². The van der Waals surface area contributed by atoms with E-state index in [9.17, 15) is 14.4 Å². The van der Waals surface area contributed by atoms with Crippen LogP contribution < -0.4 is 4.74 Å². The molecule has 7 nitrogen and oxygen atoms in total. The molecule has 1 heterocycles. The smallest absolute Gasteiger partial charge is 0.290 e. The average Bonchev–Trinajstić information content (AvgIpc) is 2.80. The quantitative estimate of drug-likeness (QED) is 0.442. The van der Waals surface area contributed by atoms with Crippen molar-refractivity contribution in [3.05, 3.63) is 29.8 Å². The van der Waals surface area contributed by atoms with E-state index in [0.717, 1.165) is 10.6 Å². The topological polar surface area (TPSA) is 76.2 Å². The summed E-state index contributed by atoms with van der Waals surface area (Å²) in [6, 6.07) is 7.13. The Labute approximate surface area is 128 Å². The molecule has 0 spiro atoms. The fourth-order valence-electron chi connectivity index (χ4n) is 2.27. The molecule has 7 heteroatoms. The summed E-state index contributed by atoms with van der Waals surface area (Å²) in [5.41, 5.74) is 0.820. The number of methoxy groups -OCH3 is 1. The number of hydrogen-bond donors (Lipinski definition) is 0. The van der Waals surface area contributed by atoms with Crippen LogP contribution in [0.5, 0.6) is 5.75 Å². The number of carbonyl (C=O) groups is 3. The molecule has 1 fully saturated rings. The van der Waals surface area contributed by atoms with Crippen LogP contribution in [-0.4, -0.2) is 55.4 Å². The maximum absolute atomic E-state index is 12.4. The molecule has 2 amide bonds. The third kappa shape index (κ3) is 3.09. The molecular weight excluding hydrogens is 288 g/mol. The standard InChI is InChI=1S/C15H18N2O5/c1-16-9-12(13(18)15(16)20)14(19)17(22-3)8-10-4-6-11(21-2)7-5-10/h4-7,12H,8-9H2,1-3H3. The first-order chi connectivity index (χ1) is 10.5. The van der Waals surface area contributed by atoms with E-state index in [1.807, 2.05) is 0 Å². The lowest BCUT2D eigenvalue weighted by atomic mass is 10.1. The Bertz CT molecular complexity index is 584. The third-order valence-electron chi connectivity index (χ3n) is 3.58. The molecule has 1 aromatic carbocycles. The molecule has 1 aliphatic heterocycles. The summed E-state index contributed by atoms with van der Waals surface area (Å²) in [4.78, 5) is 42.0. The Morgan fingerprint density at radius 3 is 2.36 bits per heavy atom. The minimum absolute atomic E-state index is 0.0823. The number of amides is 2. The highest BCUT2D eigenvalue weighted by atomic mass is 16.7. The number of benzene rings is 1. The first-order valence-electron chi connectivity index (χ1n) is 6.75. The zero-order valence-electron chi connectivity index (χ0n) is 12.7. The Morgan fingerprint density at radius 2 is 1.91 bits per heavy atom. The molecule has 0 bridgehead atoms. The van der Waals surface area contributed by atoms with Crippen LogP contribution in [0.15, 0.2) is 24.3 Å². The number of likely N-dealkylation sites (tertiary alicyclic amines) is 1. The zero-order valence-corrected chi connectivity index (χ0v) is 12.7.